The van der Waals surface area contributed by atoms with E-state index in [-0.39, 0.29) is 0 Å². The molecule has 0 saturated carbocycles. The number of benzene rings is 4. The molecule has 0 saturated heterocycles. The van der Waals surface area contributed by atoms with Gasteiger partial charge in [0.15, 0.2) is 0 Å². The smallest absolute Gasteiger partial charge is 0.119 e. The van der Waals surface area contributed by atoms with Crippen LogP contribution in [0.15, 0.2) is 97.1 Å². The highest BCUT2D eigenvalue weighted by Gasteiger charge is 2.46. The van der Waals surface area contributed by atoms with Crippen LogP contribution in [0.5, 0.6) is 11.5 Å². The molecule has 0 bridgehead atoms. The van der Waals surface area contributed by atoms with Gasteiger partial charge in [-0.3, -0.25) is 0 Å². The molecular weight excluding hydrogens is 556 g/mol. The second kappa shape index (κ2) is 17.2. The highest BCUT2D eigenvalue weighted by atomic mass is 16.5. The fourth-order valence-electron chi connectivity index (χ4n) is 6.88. The molecule has 0 aliphatic heterocycles. The molecule has 2 N–H and O–H groups in total. The first-order valence-electron chi connectivity index (χ1n) is 17.2. The first-order chi connectivity index (χ1) is 22.3. The van der Waals surface area contributed by atoms with Gasteiger partial charge in [0.05, 0.1) is 18.6 Å². The molecule has 0 aromatic heterocycles. The lowest BCUT2D eigenvalue weighted by Gasteiger charge is -2.34. The van der Waals surface area contributed by atoms with Crippen molar-refractivity contribution in [1.82, 2.24) is 0 Å². The van der Waals surface area contributed by atoms with Gasteiger partial charge in [-0.25, -0.2) is 0 Å². The molecule has 0 spiro atoms. The summed E-state index contributed by atoms with van der Waals surface area (Å²) in [5, 5.41) is 18.0. The van der Waals surface area contributed by atoms with Crippen LogP contribution in [0, 0.1) is 0 Å². The molecule has 45 heavy (non-hydrogen) atoms. The Hall–Kier alpha value is -3.60. The van der Waals surface area contributed by atoms with E-state index in [4.69, 9.17) is 19.7 Å². The zero-order valence-electron chi connectivity index (χ0n) is 26.8. The number of aliphatic hydroxyl groups is 2. The second-order valence-electron chi connectivity index (χ2n) is 12.3. The van der Waals surface area contributed by atoms with Gasteiger partial charge < -0.3 is 19.7 Å². The maximum atomic E-state index is 9.00. The number of unbranched alkanes of at least 4 members (excludes halogenated alkanes) is 10. The summed E-state index contributed by atoms with van der Waals surface area (Å²) in [4.78, 5) is 0. The molecular formula is C41H50O4. The van der Waals surface area contributed by atoms with Crippen molar-refractivity contribution in [3.8, 4) is 22.6 Å². The third-order valence-electron chi connectivity index (χ3n) is 9.13. The van der Waals surface area contributed by atoms with Crippen molar-refractivity contribution in [3.05, 3.63) is 119 Å². The number of rotatable bonds is 20. The second-order valence-corrected chi connectivity index (χ2v) is 12.3. The van der Waals surface area contributed by atoms with Crippen LogP contribution in [-0.2, 0) is 5.41 Å². The highest BCUT2D eigenvalue weighted by molar-refractivity contribution is 5.86. The van der Waals surface area contributed by atoms with E-state index in [0.29, 0.717) is 26.4 Å². The third-order valence-corrected chi connectivity index (χ3v) is 9.13. The standard InChI is InChI=1S/C41H50O4/c42-27-13-5-1-3-7-15-29-44-35-21-17-19-33(31-35)41(39-25-11-9-23-37(39)38-24-10-12-26-40(38)41)34-20-18-22-36(32-34)45-30-16-8-4-2-6-14-28-43/h9-12,17-26,31-32,42-43H,1-8,13-16,27-30H2. The average molecular weight is 607 g/mol. The van der Waals surface area contributed by atoms with Gasteiger partial charge in [-0.05, 0) is 83.3 Å². The van der Waals surface area contributed by atoms with Crippen LogP contribution in [0.3, 0.4) is 0 Å². The van der Waals surface area contributed by atoms with E-state index in [1.807, 2.05) is 0 Å². The maximum Gasteiger partial charge on any atom is 0.119 e. The van der Waals surface area contributed by atoms with Crippen LogP contribution in [0.2, 0.25) is 0 Å². The first kappa shape index (κ1) is 32.8. The van der Waals surface area contributed by atoms with E-state index in [1.165, 1.54) is 59.1 Å². The lowest BCUT2D eigenvalue weighted by atomic mass is 9.67. The topological polar surface area (TPSA) is 58.9 Å². The van der Waals surface area contributed by atoms with Gasteiger partial charge in [0.1, 0.15) is 11.5 Å². The van der Waals surface area contributed by atoms with Crippen molar-refractivity contribution in [3.63, 3.8) is 0 Å². The molecule has 0 heterocycles. The third kappa shape index (κ3) is 7.98. The van der Waals surface area contributed by atoms with E-state index >= 15 is 0 Å². The van der Waals surface area contributed by atoms with Crippen molar-refractivity contribution in [2.45, 2.75) is 82.5 Å². The zero-order chi connectivity index (χ0) is 31.2. The lowest BCUT2D eigenvalue weighted by Crippen LogP contribution is -2.28. The minimum absolute atomic E-state index is 0.292. The van der Waals surface area contributed by atoms with Gasteiger partial charge in [0.25, 0.3) is 0 Å². The molecule has 4 aromatic carbocycles. The van der Waals surface area contributed by atoms with Crippen molar-refractivity contribution >= 4 is 0 Å². The molecule has 1 aliphatic rings. The lowest BCUT2D eigenvalue weighted by molar-refractivity contribution is 0.280. The summed E-state index contributed by atoms with van der Waals surface area (Å²) in [6.07, 6.45) is 13.1. The monoisotopic (exact) mass is 606 g/mol. The minimum atomic E-state index is -0.495. The van der Waals surface area contributed by atoms with Gasteiger partial charge in [-0.15, -0.1) is 0 Å². The minimum Gasteiger partial charge on any atom is -0.494 e. The average Bonchev–Trinajstić information content (AvgIpc) is 3.39. The van der Waals surface area contributed by atoms with Crippen LogP contribution in [-0.4, -0.2) is 36.6 Å². The van der Waals surface area contributed by atoms with Crippen LogP contribution >= 0.6 is 0 Å². The summed E-state index contributed by atoms with van der Waals surface area (Å²) >= 11 is 0. The molecule has 4 aromatic rings. The summed E-state index contributed by atoms with van der Waals surface area (Å²) < 4.78 is 12.7. The summed E-state index contributed by atoms with van der Waals surface area (Å²) in [5.41, 5.74) is 7.01. The Morgan fingerprint density at radius 1 is 0.422 bits per heavy atom. The van der Waals surface area contributed by atoms with Crippen molar-refractivity contribution in [1.29, 1.82) is 0 Å². The Labute approximate surface area is 270 Å². The largest absolute Gasteiger partial charge is 0.494 e. The van der Waals surface area contributed by atoms with Gasteiger partial charge in [0.2, 0.25) is 0 Å². The molecule has 1 aliphatic carbocycles. The van der Waals surface area contributed by atoms with Gasteiger partial charge in [0, 0.05) is 13.2 Å². The predicted octanol–water partition coefficient (Wildman–Crippen LogP) is 9.47. The van der Waals surface area contributed by atoms with E-state index in [9.17, 15) is 0 Å². The van der Waals surface area contributed by atoms with E-state index in [1.54, 1.807) is 0 Å². The van der Waals surface area contributed by atoms with E-state index in [0.717, 1.165) is 62.9 Å². The quantitative estimate of drug-likeness (QED) is 0.0867. The molecule has 4 nitrogen and oxygen atoms in total. The number of fused-ring (bicyclic) bond motifs is 3. The fourth-order valence-corrected chi connectivity index (χ4v) is 6.88. The van der Waals surface area contributed by atoms with Gasteiger partial charge in [-0.1, -0.05) is 124 Å². The molecule has 0 unspecified atom stereocenters. The van der Waals surface area contributed by atoms with Gasteiger partial charge >= 0.3 is 0 Å². The Kier molecular flexibility index (Phi) is 12.5. The van der Waals surface area contributed by atoms with Crippen LogP contribution < -0.4 is 9.47 Å². The molecule has 238 valence electrons. The maximum absolute atomic E-state index is 9.00. The summed E-state index contributed by atoms with van der Waals surface area (Å²) in [6.45, 7) is 1.99. The molecule has 0 radical (unpaired) electrons. The van der Waals surface area contributed by atoms with E-state index < -0.39 is 5.41 Å². The predicted molar refractivity (Wildman–Crippen MR) is 184 cm³/mol. The normalized spacial score (nSPS) is 12.9. The number of aliphatic hydroxyl groups excluding tert-OH is 2. The van der Waals surface area contributed by atoms with Crippen molar-refractivity contribution < 1.29 is 19.7 Å². The van der Waals surface area contributed by atoms with Crippen LogP contribution in [0.1, 0.15) is 99.3 Å². The van der Waals surface area contributed by atoms with Gasteiger partial charge in [-0.2, -0.15) is 0 Å². The Morgan fingerprint density at radius 2 is 0.822 bits per heavy atom. The zero-order valence-corrected chi connectivity index (χ0v) is 26.8. The SMILES string of the molecule is OCCCCCCCCOc1cccc(C2(c3cccc(OCCCCCCCCO)c3)c3ccccc3-c3ccccc32)c1. The van der Waals surface area contributed by atoms with Crippen LogP contribution in [0.25, 0.3) is 11.1 Å². The summed E-state index contributed by atoms with van der Waals surface area (Å²) in [5.74, 6) is 1.81. The Bertz CT molecular complexity index is 1350. The van der Waals surface area contributed by atoms with E-state index in [2.05, 4.69) is 97.1 Å². The fraction of sp³-hybridized carbons (Fsp3) is 0.415. The molecule has 5 rings (SSSR count). The highest BCUT2D eigenvalue weighted by Crippen LogP contribution is 2.56. The van der Waals surface area contributed by atoms with Crippen molar-refractivity contribution in [2.75, 3.05) is 26.4 Å². The number of hydrogen-bond acceptors (Lipinski definition) is 4. The van der Waals surface area contributed by atoms with Crippen LogP contribution in [0.4, 0.5) is 0 Å². The molecule has 0 atom stereocenters. The first-order valence-corrected chi connectivity index (χ1v) is 17.2. The summed E-state index contributed by atoms with van der Waals surface area (Å²) in [7, 11) is 0. The molecule has 0 fully saturated rings. The van der Waals surface area contributed by atoms with Crippen molar-refractivity contribution in [2.24, 2.45) is 0 Å². The molecule has 4 heteroatoms. The Morgan fingerprint density at radius 3 is 1.27 bits per heavy atom. The number of ether oxygens (including phenoxy) is 2. The molecule has 0 amide bonds. The Balaban J connectivity index is 1.39. The summed E-state index contributed by atoms with van der Waals surface area (Å²) in [6, 6.07) is 35.0. The number of hydrogen-bond donors (Lipinski definition) is 2.